The highest BCUT2D eigenvalue weighted by molar-refractivity contribution is 7.99. The van der Waals surface area contributed by atoms with Crippen LogP contribution in [-0.2, 0) is 0 Å². The van der Waals surface area contributed by atoms with E-state index in [0.29, 0.717) is 25.3 Å². The lowest BCUT2D eigenvalue weighted by atomic mass is 10.1. The van der Waals surface area contributed by atoms with E-state index in [0.717, 1.165) is 28.4 Å². The maximum absolute atomic E-state index is 12.3. The molecule has 0 atom stereocenters. The van der Waals surface area contributed by atoms with Gasteiger partial charge in [0.25, 0.3) is 5.91 Å². The largest absolute Gasteiger partial charge is 0.493 e. The van der Waals surface area contributed by atoms with E-state index in [1.807, 2.05) is 56.3 Å². The molecule has 4 nitrogen and oxygen atoms in total. The summed E-state index contributed by atoms with van der Waals surface area (Å²) in [4.78, 5) is 13.5. The number of hydrogen-bond acceptors (Lipinski definition) is 4. The number of thioether (sulfide) groups is 1. The summed E-state index contributed by atoms with van der Waals surface area (Å²) in [5, 5.41) is 2.89. The van der Waals surface area contributed by atoms with Gasteiger partial charge in [-0.25, -0.2) is 0 Å². The van der Waals surface area contributed by atoms with Gasteiger partial charge in [0.2, 0.25) is 0 Å². The number of hydrogen-bond donors (Lipinski definition) is 1. The molecule has 1 N–H and O–H groups in total. The van der Waals surface area contributed by atoms with E-state index < -0.39 is 0 Å². The van der Waals surface area contributed by atoms with Crippen LogP contribution >= 0.6 is 11.8 Å². The van der Waals surface area contributed by atoms with Crippen molar-refractivity contribution in [2.75, 3.05) is 25.5 Å². The molecule has 30 heavy (non-hydrogen) atoms. The van der Waals surface area contributed by atoms with E-state index in [4.69, 9.17) is 9.47 Å². The second kappa shape index (κ2) is 11.3. The molecule has 0 aliphatic carbocycles. The predicted octanol–water partition coefficient (Wildman–Crippen LogP) is 5.28. The Morgan fingerprint density at radius 1 is 0.900 bits per heavy atom. The molecule has 3 rings (SSSR count). The number of rotatable bonds is 10. The van der Waals surface area contributed by atoms with Crippen molar-refractivity contribution in [3.05, 3.63) is 89.5 Å². The summed E-state index contributed by atoms with van der Waals surface area (Å²) in [7, 11) is 0. The number of nitrogens with one attached hydrogen (secondary N) is 1. The van der Waals surface area contributed by atoms with Crippen molar-refractivity contribution in [1.82, 2.24) is 5.32 Å². The van der Waals surface area contributed by atoms with Gasteiger partial charge in [-0.2, -0.15) is 0 Å². The Hall–Kier alpha value is -2.92. The fourth-order valence-corrected chi connectivity index (χ4v) is 3.58. The number of carbonyl (C=O) groups excluding carboxylic acids is 1. The minimum atomic E-state index is -0.120. The fraction of sp³-hybridized carbons (Fsp3) is 0.240. The molecule has 0 spiro atoms. The van der Waals surface area contributed by atoms with Gasteiger partial charge in [-0.1, -0.05) is 30.3 Å². The first-order chi connectivity index (χ1) is 14.6. The first-order valence-electron chi connectivity index (χ1n) is 10.0. The van der Waals surface area contributed by atoms with Gasteiger partial charge in [0, 0.05) is 16.2 Å². The SMILES string of the molecule is Cc1ccc(C)c(OCCNC(=O)c2ccc(OCCSc3ccccc3)cc2)c1. The number of benzene rings is 3. The quantitative estimate of drug-likeness (QED) is 0.357. The maximum Gasteiger partial charge on any atom is 0.251 e. The topological polar surface area (TPSA) is 47.6 Å². The molecule has 0 aliphatic rings. The van der Waals surface area contributed by atoms with Crippen LogP contribution in [0.15, 0.2) is 77.7 Å². The first-order valence-corrected chi connectivity index (χ1v) is 11.0. The van der Waals surface area contributed by atoms with E-state index >= 15 is 0 Å². The van der Waals surface area contributed by atoms with Gasteiger partial charge in [0.05, 0.1) is 13.2 Å². The molecule has 0 bridgehead atoms. The second-order valence-electron chi connectivity index (χ2n) is 6.91. The van der Waals surface area contributed by atoms with Gasteiger partial charge >= 0.3 is 0 Å². The van der Waals surface area contributed by atoms with Gasteiger partial charge in [-0.3, -0.25) is 4.79 Å². The lowest BCUT2D eigenvalue weighted by molar-refractivity contribution is 0.0947. The standard InChI is InChI=1S/C25H27NO3S/c1-19-8-9-20(2)24(18-19)29-15-14-26-25(27)21-10-12-22(13-11-21)28-16-17-30-23-6-4-3-5-7-23/h3-13,18H,14-17H2,1-2H3,(H,26,27). The third kappa shape index (κ3) is 6.85. The van der Waals surface area contributed by atoms with Crippen molar-refractivity contribution in [1.29, 1.82) is 0 Å². The van der Waals surface area contributed by atoms with Crippen molar-refractivity contribution >= 4 is 17.7 Å². The highest BCUT2D eigenvalue weighted by Crippen LogP contribution is 2.19. The Morgan fingerprint density at radius 2 is 1.67 bits per heavy atom. The average Bonchev–Trinajstić information content (AvgIpc) is 2.77. The summed E-state index contributed by atoms with van der Waals surface area (Å²) in [6.07, 6.45) is 0. The van der Waals surface area contributed by atoms with Crippen LogP contribution in [0.2, 0.25) is 0 Å². The monoisotopic (exact) mass is 421 g/mol. The molecule has 0 aliphatic heterocycles. The Bertz CT molecular complexity index is 942. The second-order valence-corrected chi connectivity index (χ2v) is 8.08. The zero-order chi connectivity index (χ0) is 21.2. The number of carbonyl (C=O) groups is 1. The van der Waals surface area contributed by atoms with Crippen LogP contribution in [0.3, 0.4) is 0 Å². The molecule has 0 heterocycles. The van der Waals surface area contributed by atoms with Crippen LogP contribution in [-0.4, -0.2) is 31.4 Å². The zero-order valence-electron chi connectivity index (χ0n) is 17.4. The van der Waals surface area contributed by atoms with E-state index in [-0.39, 0.29) is 5.91 Å². The summed E-state index contributed by atoms with van der Waals surface area (Å²) in [6.45, 7) is 5.53. The van der Waals surface area contributed by atoms with E-state index in [1.165, 1.54) is 4.90 Å². The van der Waals surface area contributed by atoms with Crippen molar-refractivity contribution in [2.45, 2.75) is 18.7 Å². The molecule has 0 aromatic heterocycles. The van der Waals surface area contributed by atoms with Crippen molar-refractivity contribution in [3.63, 3.8) is 0 Å². The molecule has 1 amide bonds. The molecule has 0 saturated carbocycles. The number of ether oxygens (including phenoxy) is 2. The Kier molecular flexibility index (Phi) is 8.21. The molecule has 3 aromatic rings. The van der Waals surface area contributed by atoms with Gasteiger partial charge < -0.3 is 14.8 Å². The van der Waals surface area contributed by atoms with Crippen LogP contribution < -0.4 is 14.8 Å². The Morgan fingerprint density at radius 3 is 2.43 bits per heavy atom. The van der Waals surface area contributed by atoms with Crippen LogP contribution in [0.4, 0.5) is 0 Å². The minimum absolute atomic E-state index is 0.120. The lowest BCUT2D eigenvalue weighted by Crippen LogP contribution is -2.28. The van der Waals surface area contributed by atoms with Crippen LogP contribution in [0, 0.1) is 13.8 Å². The summed E-state index contributed by atoms with van der Waals surface area (Å²) >= 11 is 1.76. The summed E-state index contributed by atoms with van der Waals surface area (Å²) < 4.78 is 11.5. The lowest BCUT2D eigenvalue weighted by Gasteiger charge is -2.11. The van der Waals surface area contributed by atoms with E-state index in [2.05, 4.69) is 23.5 Å². The van der Waals surface area contributed by atoms with Crippen LogP contribution in [0.25, 0.3) is 0 Å². The molecule has 5 heteroatoms. The molecular formula is C25H27NO3S. The van der Waals surface area contributed by atoms with Crippen molar-refractivity contribution in [3.8, 4) is 11.5 Å². The third-order valence-electron chi connectivity index (χ3n) is 4.47. The molecule has 0 radical (unpaired) electrons. The fourth-order valence-electron chi connectivity index (χ4n) is 2.83. The first kappa shape index (κ1) is 21.8. The van der Waals surface area contributed by atoms with Gasteiger partial charge in [-0.15, -0.1) is 11.8 Å². The molecule has 156 valence electrons. The molecule has 0 fully saturated rings. The number of amides is 1. The highest BCUT2D eigenvalue weighted by atomic mass is 32.2. The van der Waals surface area contributed by atoms with Crippen LogP contribution in [0.1, 0.15) is 21.5 Å². The Balaban J connectivity index is 1.36. The molecule has 0 saturated heterocycles. The normalized spacial score (nSPS) is 10.5. The van der Waals surface area contributed by atoms with Gasteiger partial charge in [0.1, 0.15) is 18.1 Å². The predicted molar refractivity (Wildman–Crippen MR) is 123 cm³/mol. The maximum atomic E-state index is 12.3. The third-order valence-corrected chi connectivity index (χ3v) is 5.45. The minimum Gasteiger partial charge on any atom is -0.493 e. The van der Waals surface area contributed by atoms with Gasteiger partial charge in [0.15, 0.2) is 0 Å². The zero-order valence-corrected chi connectivity index (χ0v) is 18.2. The molecule has 3 aromatic carbocycles. The highest BCUT2D eigenvalue weighted by Gasteiger charge is 2.06. The van der Waals surface area contributed by atoms with Crippen molar-refractivity contribution in [2.24, 2.45) is 0 Å². The van der Waals surface area contributed by atoms with E-state index in [9.17, 15) is 4.79 Å². The summed E-state index contributed by atoms with van der Waals surface area (Å²) in [5.74, 6) is 2.37. The smallest absolute Gasteiger partial charge is 0.251 e. The average molecular weight is 422 g/mol. The van der Waals surface area contributed by atoms with E-state index in [1.54, 1.807) is 23.9 Å². The van der Waals surface area contributed by atoms with Gasteiger partial charge in [-0.05, 0) is 67.4 Å². The number of aryl methyl sites for hydroxylation is 2. The molecule has 0 unspecified atom stereocenters. The van der Waals surface area contributed by atoms with Crippen molar-refractivity contribution < 1.29 is 14.3 Å². The van der Waals surface area contributed by atoms with Crippen LogP contribution in [0.5, 0.6) is 11.5 Å². The Labute approximate surface area is 182 Å². The summed E-state index contributed by atoms with van der Waals surface area (Å²) in [5.41, 5.74) is 2.85. The summed E-state index contributed by atoms with van der Waals surface area (Å²) in [6, 6.07) is 23.6. The molecular weight excluding hydrogens is 394 g/mol.